The maximum Gasteiger partial charge on any atom is 0.217 e. The lowest BCUT2D eigenvalue weighted by molar-refractivity contribution is -0.337. The number of carbonyl (C=O) groups excluding carboxylic acids is 1. The monoisotopic (exact) mass is 309 g/mol. The molecule has 7 heteroatoms. The van der Waals surface area contributed by atoms with Crippen molar-refractivity contribution < 1.29 is 29.2 Å². The smallest absolute Gasteiger partial charge is 0.217 e. The summed E-state index contributed by atoms with van der Waals surface area (Å²) in [6.07, 6.45) is -4.29. The van der Waals surface area contributed by atoms with E-state index in [0.717, 1.165) is 5.56 Å². The Morgan fingerprint density at radius 1 is 1.23 bits per heavy atom. The molecule has 0 spiro atoms. The molecule has 2 saturated heterocycles. The molecule has 1 amide bonds. The summed E-state index contributed by atoms with van der Waals surface area (Å²) < 4.78 is 16.8. The molecule has 0 unspecified atom stereocenters. The zero-order valence-corrected chi connectivity index (χ0v) is 12.1. The number of amides is 1. The molecule has 2 aliphatic rings. The predicted molar refractivity (Wildman–Crippen MR) is 74.5 cm³/mol. The second kappa shape index (κ2) is 6.31. The van der Waals surface area contributed by atoms with Crippen LogP contribution in [0.4, 0.5) is 0 Å². The van der Waals surface area contributed by atoms with E-state index in [-0.39, 0.29) is 12.5 Å². The number of hydrogen-bond acceptors (Lipinski definition) is 6. The molecule has 3 N–H and O–H groups in total. The van der Waals surface area contributed by atoms with Crippen LogP contribution in [0.1, 0.15) is 18.8 Å². The Morgan fingerprint density at radius 3 is 2.64 bits per heavy atom. The van der Waals surface area contributed by atoms with Gasteiger partial charge in [0.05, 0.1) is 6.61 Å². The molecule has 7 nitrogen and oxygen atoms in total. The first kappa shape index (κ1) is 15.4. The van der Waals surface area contributed by atoms with E-state index in [1.54, 1.807) is 0 Å². The van der Waals surface area contributed by atoms with Crippen LogP contribution in [0.15, 0.2) is 30.3 Å². The molecule has 3 rings (SSSR count). The summed E-state index contributed by atoms with van der Waals surface area (Å²) in [5, 5.41) is 22.8. The van der Waals surface area contributed by atoms with Crippen molar-refractivity contribution >= 4 is 5.91 Å². The highest BCUT2D eigenvalue weighted by atomic mass is 16.7. The molecule has 22 heavy (non-hydrogen) atoms. The average Bonchev–Trinajstić information content (AvgIpc) is 2.52. The van der Waals surface area contributed by atoms with Crippen molar-refractivity contribution in [3.05, 3.63) is 35.9 Å². The number of nitrogens with one attached hydrogen (secondary N) is 1. The van der Waals surface area contributed by atoms with Gasteiger partial charge in [-0.05, 0) is 0 Å². The topological polar surface area (TPSA) is 97.3 Å². The van der Waals surface area contributed by atoms with Crippen LogP contribution in [0.5, 0.6) is 0 Å². The molecule has 0 aliphatic carbocycles. The Morgan fingerprint density at radius 2 is 1.95 bits per heavy atom. The van der Waals surface area contributed by atoms with Gasteiger partial charge in [-0.3, -0.25) is 4.79 Å². The molecule has 2 heterocycles. The fourth-order valence-electron chi connectivity index (χ4n) is 2.78. The minimum Gasteiger partial charge on any atom is -0.388 e. The van der Waals surface area contributed by atoms with Gasteiger partial charge in [0.15, 0.2) is 12.6 Å². The Hall–Kier alpha value is -1.51. The van der Waals surface area contributed by atoms with Gasteiger partial charge in [0, 0.05) is 12.5 Å². The summed E-state index contributed by atoms with van der Waals surface area (Å²) >= 11 is 0. The first-order chi connectivity index (χ1) is 10.6. The molecule has 2 aliphatic heterocycles. The van der Waals surface area contributed by atoms with E-state index in [4.69, 9.17) is 14.2 Å². The van der Waals surface area contributed by atoms with E-state index in [1.807, 2.05) is 30.3 Å². The number of ether oxygens (including phenoxy) is 3. The number of benzene rings is 1. The molecule has 120 valence electrons. The van der Waals surface area contributed by atoms with Crippen LogP contribution in [0.2, 0.25) is 0 Å². The van der Waals surface area contributed by atoms with Crippen molar-refractivity contribution in [2.75, 3.05) is 6.61 Å². The Kier molecular flexibility index (Phi) is 4.42. The summed E-state index contributed by atoms with van der Waals surface area (Å²) in [5.41, 5.74) is 0.829. The molecule has 0 radical (unpaired) electrons. The van der Waals surface area contributed by atoms with Crippen LogP contribution < -0.4 is 5.32 Å². The van der Waals surface area contributed by atoms with Crippen LogP contribution in [0.3, 0.4) is 0 Å². The standard InChI is InChI=1S/C15H19NO6/c1-8(17)16-11-12(18)13-10(21-14(11)19)7-20-15(22-13)9-5-3-2-4-6-9/h2-6,10-15,18-19H,7H2,1H3,(H,16,17)/t10-,11-,12-,13-,14-,15+/m1/s1. The lowest BCUT2D eigenvalue weighted by Gasteiger charge is -2.46. The summed E-state index contributed by atoms with van der Waals surface area (Å²) in [6, 6.07) is 8.41. The SMILES string of the molecule is CC(=O)N[C@@H]1[C@@H](O)[C@@H]2O[C@@H](c3ccccc3)OC[C@H]2O[C@H]1O. The van der Waals surface area contributed by atoms with Gasteiger partial charge >= 0.3 is 0 Å². The van der Waals surface area contributed by atoms with Gasteiger partial charge in [-0.2, -0.15) is 0 Å². The summed E-state index contributed by atoms with van der Waals surface area (Å²) in [6.45, 7) is 1.49. The van der Waals surface area contributed by atoms with Gasteiger partial charge in [-0.25, -0.2) is 0 Å². The van der Waals surface area contributed by atoms with E-state index in [2.05, 4.69) is 5.32 Å². The predicted octanol–water partition coefficient (Wildman–Crippen LogP) is -0.317. The average molecular weight is 309 g/mol. The first-order valence-electron chi connectivity index (χ1n) is 7.17. The summed E-state index contributed by atoms with van der Waals surface area (Å²) in [5.74, 6) is -0.364. The van der Waals surface area contributed by atoms with E-state index in [1.165, 1.54) is 6.92 Å². The lowest BCUT2D eigenvalue weighted by Crippen LogP contribution is -2.66. The molecule has 1 aromatic rings. The largest absolute Gasteiger partial charge is 0.388 e. The van der Waals surface area contributed by atoms with Crippen LogP contribution in [-0.4, -0.2) is 53.4 Å². The van der Waals surface area contributed by atoms with Crippen LogP contribution in [0.25, 0.3) is 0 Å². The van der Waals surface area contributed by atoms with Crippen LogP contribution in [-0.2, 0) is 19.0 Å². The highest BCUT2D eigenvalue weighted by Crippen LogP contribution is 2.33. The zero-order chi connectivity index (χ0) is 15.7. The second-order valence-electron chi connectivity index (χ2n) is 5.46. The molecule has 6 atom stereocenters. The Labute approximate surface area is 127 Å². The number of aliphatic hydroxyl groups is 2. The highest BCUT2D eigenvalue weighted by Gasteiger charge is 2.49. The van der Waals surface area contributed by atoms with Gasteiger partial charge in [0.25, 0.3) is 0 Å². The third-order valence-corrected chi connectivity index (χ3v) is 3.83. The molecule has 2 fully saturated rings. The van der Waals surface area contributed by atoms with Crippen LogP contribution in [0, 0.1) is 0 Å². The van der Waals surface area contributed by atoms with E-state index in [0.29, 0.717) is 0 Å². The quantitative estimate of drug-likeness (QED) is 0.693. The van der Waals surface area contributed by atoms with E-state index < -0.39 is 36.9 Å². The number of rotatable bonds is 2. The highest BCUT2D eigenvalue weighted by molar-refractivity contribution is 5.73. The van der Waals surface area contributed by atoms with Crippen molar-refractivity contribution in [1.29, 1.82) is 0 Å². The minimum atomic E-state index is -1.30. The van der Waals surface area contributed by atoms with Gasteiger partial charge in [0.1, 0.15) is 24.4 Å². The zero-order valence-electron chi connectivity index (χ0n) is 12.1. The molecule has 0 saturated carbocycles. The third-order valence-electron chi connectivity index (χ3n) is 3.83. The maximum atomic E-state index is 11.2. The minimum absolute atomic E-state index is 0.186. The van der Waals surface area contributed by atoms with E-state index >= 15 is 0 Å². The normalized spacial score (nSPS) is 38.1. The second-order valence-corrected chi connectivity index (χ2v) is 5.46. The number of fused-ring (bicyclic) bond motifs is 1. The lowest BCUT2D eigenvalue weighted by atomic mass is 9.96. The van der Waals surface area contributed by atoms with Crippen molar-refractivity contribution in [2.24, 2.45) is 0 Å². The first-order valence-corrected chi connectivity index (χ1v) is 7.17. The maximum absolute atomic E-state index is 11.2. The van der Waals surface area contributed by atoms with Gasteiger partial charge in [-0.15, -0.1) is 0 Å². The molecule has 0 bridgehead atoms. The number of aliphatic hydroxyl groups excluding tert-OH is 2. The van der Waals surface area contributed by atoms with Crippen molar-refractivity contribution in [2.45, 2.75) is 43.9 Å². The number of carbonyl (C=O) groups is 1. The fraction of sp³-hybridized carbons (Fsp3) is 0.533. The summed E-state index contributed by atoms with van der Waals surface area (Å²) in [7, 11) is 0. The molecule has 0 aromatic heterocycles. The Balaban J connectivity index is 1.75. The molecular weight excluding hydrogens is 290 g/mol. The van der Waals surface area contributed by atoms with Gasteiger partial charge in [0.2, 0.25) is 5.91 Å². The summed E-state index contributed by atoms with van der Waals surface area (Å²) in [4.78, 5) is 11.2. The van der Waals surface area contributed by atoms with Crippen molar-refractivity contribution in [3.63, 3.8) is 0 Å². The Bertz CT molecular complexity index is 524. The van der Waals surface area contributed by atoms with Gasteiger partial charge < -0.3 is 29.7 Å². The molecular formula is C15H19NO6. The fourth-order valence-corrected chi connectivity index (χ4v) is 2.78. The van der Waals surface area contributed by atoms with Crippen molar-refractivity contribution in [3.8, 4) is 0 Å². The van der Waals surface area contributed by atoms with Gasteiger partial charge in [-0.1, -0.05) is 30.3 Å². The third kappa shape index (κ3) is 2.99. The number of hydrogen-bond donors (Lipinski definition) is 3. The van der Waals surface area contributed by atoms with E-state index in [9.17, 15) is 15.0 Å². The van der Waals surface area contributed by atoms with Crippen molar-refractivity contribution in [1.82, 2.24) is 5.32 Å². The van der Waals surface area contributed by atoms with Crippen LogP contribution >= 0.6 is 0 Å². The molecule has 1 aromatic carbocycles.